The van der Waals surface area contributed by atoms with E-state index in [1.54, 1.807) is 6.07 Å². The van der Waals surface area contributed by atoms with E-state index in [1.165, 1.54) is 11.0 Å². The normalized spacial score (nSPS) is 10.9. The summed E-state index contributed by atoms with van der Waals surface area (Å²) in [7, 11) is 0. The summed E-state index contributed by atoms with van der Waals surface area (Å²) in [5.74, 6) is 1.95. The zero-order valence-corrected chi connectivity index (χ0v) is 10.8. The molecule has 2 aromatic heterocycles. The fraction of sp³-hybridized carbons (Fsp3) is 0.455. The predicted molar refractivity (Wildman–Crippen MR) is 69.4 cm³/mol. The molecule has 0 saturated carbocycles. The zero-order valence-electron chi connectivity index (χ0n) is 10.8. The minimum absolute atomic E-state index is 0.305. The van der Waals surface area contributed by atoms with Gasteiger partial charge in [0.1, 0.15) is 6.33 Å². The van der Waals surface area contributed by atoms with Crippen LogP contribution in [0.2, 0.25) is 0 Å². The minimum atomic E-state index is 0.305. The molecule has 2 aromatic rings. The molecule has 0 saturated heterocycles. The van der Waals surface area contributed by atoms with Crippen LogP contribution in [0.4, 0.5) is 11.9 Å². The summed E-state index contributed by atoms with van der Waals surface area (Å²) in [5, 5.41) is 7.40. The summed E-state index contributed by atoms with van der Waals surface area (Å²) in [6, 6.07) is 1.80. The fourth-order valence-corrected chi connectivity index (χ4v) is 1.42. The molecule has 2 heterocycles. The van der Waals surface area contributed by atoms with Gasteiger partial charge < -0.3 is 11.1 Å². The highest BCUT2D eigenvalue weighted by Gasteiger charge is 2.10. The van der Waals surface area contributed by atoms with Crippen LogP contribution >= 0.6 is 0 Å². The van der Waals surface area contributed by atoms with Crippen molar-refractivity contribution in [2.75, 3.05) is 17.6 Å². The van der Waals surface area contributed by atoms with Crippen LogP contribution in [-0.2, 0) is 0 Å². The quantitative estimate of drug-likeness (QED) is 0.837. The fourth-order valence-electron chi connectivity index (χ4n) is 1.42. The molecule has 0 amide bonds. The van der Waals surface area contributed by atoms with Crippen molar-refractivity contribution >= 4 is 11.9 Å². The Morgan fingerprint density at radius 1 is 1.39 bits per heavy atom. The van der Waals surface area contributed by atoms with Crippen LogP contribution in [0.25, 0.3) is 5.82 Å². The van der Waals surface area contributed by atoms with Crippen LogP contribution in [-0.4, -0.2) is 31.3 Å². The number of nitrogens with zero attached hydrogens (tertiary/aromatic N) is 5. The zero-order chi connectivity index (χ0) is 13.1. The van der Waals surface area contributed by atoms with Gasteiger partial charge in [0.25, 0.3) is 0 Å². The van der Waals surface area contributed by atoms with Crippen LogP contribution in [0.3, 0.4) is 0 Å². The van der Waals surface area contributed by atoms with E-state index >= 15 is 0 Å². The van der Waals surface area contributed by atoms with E-state index in [2.05, 4.69) is 39.2 Å². The van der Waals surface area contributed by atoms with E-state index < -0.39 is 0 Å². The third kappa shape index (κ3) is 2.73. The Hall–Kier alpha value is -2.18. The van der Waals surface area contributed by atoms with Crippen molar-refractivity contribution in [3.63, 3.8) is 0 Å². The molecule has 0 aliphatic rings. The molecule has 96 valence electrons. The highest BCUT2D eigenvalue weighted by molar-refractivity contribution is 5.38. The van der Waals surface area contributed by atoms with Crippen molar-refractivity contribution < 1.29 is 0 Å². The van der Waals surface area contributed by atoms with Gasteiger partial charge in [-0.25, -0.2) is 9.97 Å². The lowest BCUT2D eigenvalue weighted by molar-refractivity contribution is 0.683. The van der Waals surface area contributed by atoms with Crippen molar-refractivity contribution in [1.29, 1.82) is 0 Å². The predicted octanol–water partition coefficient (Wildman–Crippen LogP) is 1.02. The van der Waals surface area contributed by atoms with Gasteiger partial charge in [-0.05, 0) is 12.8 Å². The number of hydrogen-bond donors (Lipinski definition) is 2. The Morgan fingerprint density at radius 3 is 2.83 bits per heavy atom. The van der Waals surface area contributed by atoms with Crippen molar-refractivity contribution in [1.82, 2.24) is 24.7 Å². The first-order chi connectivity index (χ1) is 8.56. The van der Waals surface area contributed by atoms with Gasteiger partial charge in [-0.15, -0.1) is 5.10 Å². The molecule has 2 rings (SSSR count). The highest BCUT2D eigenvalue weighted by atomic mass is 15.4. The monoisotopic (exact) mass is 247 g/mol. The van der Waals surface area contributed by atoms with Crippen LogP contribution in [0, 0.1) is 12.8 Å². The second-order valence-corrected chi connectivity index (χ2v) is 4.50. The summed E-state index contributed by atoms with van der Waals surface area (Å²) in [6.07, 6.45) is 1.48. The minimum Gasteiger partial charge on any atom is -0.368 e. The van der Waals surface area contributed by atoms with Crippen molar-refractivity contribution in [3.05, 3.63) is 18.1 Å². The molecular formula is C11H17N7. The molecular weight excluding hydrogens is 230 g/mol. The van der Waals surface area contributed by atoms with Gasteiger partial charge in [-0.3, -0.25) is 0 Å². The maximum Gasteiger partial charge on any atom is 0.244 e. The second-order valence-electron chi connectivity index (χ2n) is 4.50. The first-order valence-electron chi connectivity index (χ1n) is 5.81. The molecule has 0 atom stereocenters. The van der Waals surface area contributed by atoms with Gasteiger partial charge in [-0.2, -0.15) is 9.67 Å². The highest BCUT2D eigenvalue weighted by Crippen LogP contribution is 2.11. The maximum absolute atomic E-state index is 5.82. The van der Waals surface area contributed by atoms with Crippen molar-refractivity contribution in [2.24, 2.45) is 5.92 Å². The van der Waals surface area contributed by atoms with E-state index in [9.17, 15) is 0 Å². The number of rotatable bonds is 4. The molecule has 3 N–H and O–H groups in total. The van der Waals surface area contributed by atoms with E-state index in [-0.39, 0.29) is 0 Å². The average Bonchev–Trinajstić information content (AvgIpc) is 2.68. The van der Waals surface area contributed by atoms with E-state index in [0.717, 1.165) is 12.2 Å². The van der Waals surface area contributed by atoms with E-state index in [0.29, 0.717) is 23.6 Å². The standard InChI is InChI=1S/C11H17N7/c1-7(2)5-13-11-16-10(12)18(17-11)9-4-8(3)14-6-15-9/h4,6-7H,5H2,1-3H3,(H3,12,13,16,17). The molecule has 0 bridgehead atoms. The first-order valence-corrected chi connectivity index (χ1v) is 5.81. The van der Waals surface area contributed by atoms with Gasteiger partial charge in [0, 0.05) is 18.3 Å². The number of aryl methyl sites for hydroxylation is 1. The number of aromatic nitrogens is 5. The SMILES string of the molecule is Cc1cc(-n2nc(NCC(C)C)nc2N)ncn1. The number of nitrogen functional groups attached to an aromatic ring is 1. The lowest BCUT2D eigenvalue weighted by atomic mass is 10.2. The Kier molecular flexibility index (Phi) is 3.40. The first kappa shape index (κ1) is 12.3. The summed E-state index contributed by atoms with van der Waals surface area (Å²) in [5.41, 5.74) is 6.67. The number of nitrogens with one attached hydrogen (secondary N) is 1. The largest absolute Gasteiger partial charge is 0.368 e. The van der Waals surface area contributed by atoms with Gasteiger partial charge in [0.05, 0.1) is 0 Å². The molecule has 18 heavy (non-hydrogen) atoms. The Balaban J connectivity index is 2.24. The Bertz CT molecular complexity index is 532. The summed E-state index contributed by atoms with van der Waals surface area (Å²) in [4.78, 5) is 12.3. The van der Waals surface area contributed by atoms with E-state index in [1.807, 2.05) is 6.92 Å². The summed E-state index contributed by atoms with van der Waals surface area (Å²) < 4.78 is 1.50. The van der Waals surface area contributed by atoms with Crippen LogP contribution in [0.15, 0.2) is 12.4 Å². The van der Waals surface area contributed by atoms with Gasteiger partial charge >= 0.3 is 0 Å². The van der Waals surface area contributed by atoms with Crippen LogP contribution in [0.5, 0.6) is 0 Å². The molecule has 0 aliphatic heterocycles. The Labute approximate surface area is 105 Å². The third-order valence-electron chi connectivity index (χ3n) is 2.31. The number of hydrogen-bond acceptors (Lipinski definition) is 6. The van der Waals surface area contributed by atoms with Crippen LogP contribution < -0.4 is 11.1 Å². The molecule has 7 nitrogen and oxygen atoms in total. The summed E-state index contributed by atoms with van der Waals surface area (Å²) >= 11 is 0. The molecule has 0 fully saturated rings. The average molecular weight is 247 g/mol. The number of anilines is 2. The molecule has 0 aromatic carbocycles. The van der Waals surface area contributed by atoms with Gasteiger partial charge in [0.2, 0.25) is 11.9 Å². The second kappa shape index (κ2) is 4.99. The van der Waals surface area contributed by atoms with Gasteiger partial charge in [0.15, 0.2) is 5.82 Å². The van der Waals surface area contributed by atoms with Crippen molar-refractivity contribution in [2.45, 2.75) is 20.8 Å². The third-order valence-corrected chi connectivity index (χ3v) is 2.31. The van der Waals surface area contributed by atoms with Crippen LogP contribution in [0.1, 0.15) is 19.5 Å². The lowest BCUT2D eigenvalue weighted by Crippen LogP contribution is -2.09. The van der Waals surface area contributed by atoms with Gasteiger partial charge in [-0.1, -0.05) is 13.8 Å². The molecule has 0 spiro atoms. The van der Waals surface area contributed by atoms with E-state index in [4.69, 9.17) is 5.73 Å². The number of nitrogens with two attached hydrogens (primary N) is 1. The Morgan fingerprint density at radius 2 is 2.17 bits per heavy atom. The molecule has 7 heteroatoms. The summed E-state index contributed by atoms with van der Waals surface area (Å²) in [6.45, 7) is 6.91. The maximum atomic E-state index is 5.82. The topological polar surface area (TPSA) is 94.5 Å². The molecule has 0 radical (unpaired) electrons. The van der Waals surface area contributed by atoms with Crippen molar-refractivity contribution in [3.8, 4) is 5.82 Å². The molecule has 0 aliphatic carbocycles. The lowest BCUT2D eigenvalue weighted by Gasteiger charge is -2.03. The molecule has 0 unspecified atom stereocenters. The smallest absolute Gasteiger partial charge is 0.244 e.